The zero-order valence-electron chi connectivity index (χ0n) is 16.0. The first kappa shape index (κ1) is 18.1. The van der Waals surface area contributed by atoms with Crippen LogP contribution in [0.25, 0.3) is 11.5 Å². The number of carboxylic acid groups (broad SMARTS) is 1. The van der Waals surface area contributed by atoms with Crippen molar-refractivity contribution in [2.75, 3.05) is 6.54 Å². The largest absolute Gasteiger partial charge is 0.478 e. The van der Waals surface area contributed by atoms with E-state index in [0.29, 0.717) is 23.4 Å². The highest BCUT2D eigenvalue weighted by molar-refractivity contribution is 5.88. The lowest BCUT2D eigenvalue weighted by Gasteiger charge is -2.39. The van der Waals surface area contributed by atoms with Crippen LogP contribution in [0.2, 0.25) is 0 Å². The van der Waals surface area contributed by atoms with E-state index in [0.717, 1.165) is 31.6 Å². The number of aromatic nitrogens is 2. The van der Waals surface area contributed by atoms with Crippen LogP contribution in [-0.2, 0) is 5.41 Å². The maximum absolute atomic E-state index is 11.2. The second-order valence-corrected chi connectivity index (χ2v) is 8.18. The molecule has 0 radical (unpaired) electrons. The molecule has 2 unspecified atom stereocenters. The lowest BCUT2D eigenvalue weighted by atomic mass is 9.68. The summed E-state index contributed by atoms with van der Waals surface area (Å²) in [6, 6.07) is 17.8. The van der Waals surface area contributed by atoms with Crippen LogP contribution >= 0.6 is 0 Å². The predicted molar refractivity (Wildman–Crippen MR) is 108 cm³/mol. The first-order valence-electron chi connectivity index (χ1n) is 10.1. The molecule has 2 N–H and O–H groups in total. The van der Waals surface area contributed by atoms with Gasteiger partial charge in [-0.3, -0.25) is 0 Å². The smallest absolute Gasteiger partial charge is 0.335 e. The van der Waals surface area contributed by atoms with Crippen LogP contribution < -0.4 is 5.32 Å². The molecule has 2 aliphatic rings. The quantitative estimate of drug-likeness (QED) is 0.635. The molecule has 2 fully saturated rings. The fourth-order valence-electron chi connectivity index (χ4n) is 4.24. The summed E-state index contributed by atoms with van der Waals surface area (Å²) in [6.45, 7) is 0.842. The molecule has 1 heterocycles. The van der Waals surface area contributed by atoms with E-state index in [-0.39, 0.29) is 11.0 Å². The van der Waals surface area contributed by atoms with Crippen molar-refractivity contribution in [3.8, 4) is 11.5 Å². The number of benzene rings is 2. The van der Waals surface area contributed by atoms with Gasteiger partial charge in [-0.05, 0) is 43.0 Å². The molecule has 0 amide bonds. The van der Waals surface area contributed by atoms with Crippen molar-refractivity contribution in [3.63, 3.8) is 0 Å². The third-order valence-electron chi connectivity index (χ3n) is 6.29. The molecule has 0 spiro atoms. The van der Waals surface area contributed by atoms with Gasteiger partial charge < -0.3 is 14.9 Å². The van der Waals surface area contributed by atoms with Gasteiger partial charge in [0.15, 0.2) is 5.82 Å². The zero-order valence-corrected chi connectivity index (χ0v) is 16.0. The second-order valence-electron chi connectivity index (χ2n) is 8.18. The fourth-order valence-corrected chi connectivity index (χ4v) is 4.24. The van der Waals surface area contributed by atoms with Gasteiger partial charge in [-0.1, -0.05) is 48.0 Å². The Morgan fingerprint density at radius 1 is 1.17 bits per heavy atom. The Hall–Kier alpha value is -2.99. The lowest BCUT2D eigenvalue weighted by molar-refractivity contribution is 0.0697. The molecule has 0 saturated heterocycles. The first-order chi connectivity index (χ1) is 14.1. The standard InChI is InChI=1S/C23H23N3O3/c27-21(28)17-9-4-8-16(12-17)20-25-22(26-29-20)23(10-5-11-23)14-24-19-13-18(19)15-6-2-1-3-7-15/h1-4,6-9,12,18-19,24H,5,10-11,13-14H2,(H,27,28). The summed E-state index contributed by atoms with van der Waals surface area (Å²) < 4.78 is 5.50. The highest BCUT2D eigenvalue weighted by Gasteiger charge is 2.46. The summed E-state index contributed by atoms with van der Waals surface area (Å²) in [5, 5.41) is 17.2. The van der Waals surface area contributed by atoms with Crippen LogP contribution in [0.4, 0.5) is 0 Å². The molecule has 29 heavy (non-hydrogen) atoms. The second kappa shape index (κ2) is 7.12. The van der Waals surface area contributed by atoms with Gasteiger partial charge in [-0.2, -0.15) is 4.98 Å². The van der Waals surface area contributed by atoms with Gasteiger partial charge in [0.2, 0.25) is 0 Å². The summed E-state index contributed by atoms with van der Waals surface area (Å²) in [7, 11) is 0. The summed E-state index contributed by atoms with van der Waals surface area (Å²) in [6.07, 6.45) is 4.40. The molecular weight excluding hydrogens is 366 g/mol. The van der Waals surface area contributed by atoms with Crippen molar-refractivity contribution in [2.24, 2.45) is 0 Å². The normalized spacial score (nSPS) is 22.1. The molecule has 2 aliphatic carbocycles. The summed E-state index contributed by atoms with van der Waals surface area (Å²) in [4.78, 5) is 15.9. The van der Waals surface area contributed by atoms with E-state index in [1.54, 1.807) is 24.3 Å². The van der Waals surface area contributed by atoms with Crippen LogP contribution in [0.5, 0.6) is 0 Å². The van der Waals surface area contributed by atoms with Crippen molar-refractivity contribution in [1.82, 2.24) is 15.5 Å². The molecule has 6 nitrogen and oxygen atoms in total. The molecule has 0 bridgehead atoms. The molecule has 3 aromatic rings. The predicted octanol–water partition coefficient (Wildman–Crippen LogP) is 4.00. The Labute approximate surface area is 169 Å². The van der Waals surface area contributed by atoms with Gasteiger partial charge in [-0.15, -0.1) is 0 Å². The Kier molecular flexibility index (Phi) is 4.43. The monoisotopic (exact) mass is 389 g/mol. The van der Waals surface area contributed by atoms with Crippen molar-refractivity contribution < 1.29 is 14.4 Å². The number of nitrogens with one attached hydrogen (secondary N) is 1. The fraction of sp³-hybridized carbons (Fsp3) is 0.348. The minimum Gasteiger partial charge on any atom is -0.478 e. The molecule has 0 aliphatic heterocycles. The Morgan fingerprint density at radius 2 is 2.00 bits per heavy atom. The van der Waals surface area contributed by atoms with Crippen LogP contribution in [0.1, 0.15) is 53.3 Å². The number of aromatic carboxylic acids is 1. The Bertz CT molecular complexity index is 1030. The molecule has 2 aromatic carbocycles. The van der Waals surface area contributed by atoms with Crippen molar-refractivity contribution in [1.29, 1.82) is 0 Å². The van der Waals surface area contributed by atoms with E-state index in [1.807, 2.05) is 0 Å². The minimum absolute atomic E-state index is 0.0873. The van der Waals surface area contributed by atoms with Crippen molar-refractivity contribution in [2.45, 2.75) is 43.1 Å². The number of rotatable bonds is 7. The van der Waals surface area contributed by atoms with E-state index in [2.05, 4.69) is 45.8 Å². The highest BCUT2D eigenvalue weighted by Crippen LogP contribution is 2.45. The Morgan fingerprint density at radius 3 is 2.72 bits per heavy atom. The van der Waals surface area contributed by atoms with Gasteiger partial charge in [0.05, 0.1) is 5.56 Å². The number of hydrogen-bond acceptors (Lipinski definition) is 5. The summed E-state index contributed by atoms with van der Waals surface area (Å²) in [5.41, 5.74) is 2.16. The maximum atomic E-state index is 11.2. The van der Waals surface area contributed by atoms with Gasteiger partial charge in [0.1, 0.15) is 0 Å². The van der Waals surface area contributed by atoms with Gasteiger partial charge in [0, 0.05) is 29.5 Å². The van der Waals surface area contributed by atoms with Gasteiger partial charge in [0.25, 0.3) is 5.89 Å². The van der Waals surface area contributed by atoms with E-state index < -0.39 is 5.97 Å². The van der Waals surface area contributed by atoms with Crippen LogP contribution in [0.3, 0.4) is 0 Å². The molecule has 5 rings (SSSR count). The van der Waals surface area contributed by atoms with Crippen LogP contribution in [0, 0.1) is 0 Å². The van der Waals surface area contributed by atoms with Crippen LogP contribution in [-0.4, -0.2) is 33.8 Å². The first-order valence-corrected chi connectivity index (χ1v) is 10.1. The third-order valence-corrected chi connectivity index (χ3v) is 6.29. The minimum atomic E-state index is -0.969. The van der Waals surface area contributed by atoms with E-state index in [1.165, 1.54) is 12.0 Å². The average Bonchev–Trinajstić information content (AvgIpc) is 3.33. The van der Waals surface area contributed by atoms with E-state index in [9.17, 15) is 9.90 Å². The number of hydrogen-bond donors (Lipinski definition) is 2. The highest BCUT2D eigenvalue weighted by atomic mass is 16.5. The summed E-state index contributed by atoms with van der Waals surface area (Å²) in [5.74, 6) is 0.725. The number of nitrogens with zero attached hydrogens (tertiary/aromatic N) is 2. The number of carbonyl (C=O) groups is 1. The SMILES string of the molecule is O=C(O)c1cccc(-c2nc(C3(CNC4CC4c4ccccc4)CCC3)no2)c1. The lowest BCUT2D eigenvalue weighted by Crippen LogP contribution is -2.45. The average molecular weight is 389 g/mol. The molecule has 6 heteroatoms. The van der Waals surface area contributed by atoms with Gasteiger partial charge in [-0.25, -0.2) is 4.79 Å². The molecular formula is C23H23N3O3. The zero-order chi connectivity index (χ0) is 19.8. The Balaban J connectivity index is 1.29. The molecule has 148 valence electrons. The van der Waals surface area contributed by atoms with Crippen molar-refractivity contribution in [3.05, 3.63) is 71.5 Å². The van der Waals surface area contributed by atoms with Gasteiger partial charge >= 0.3 is 5.97 Å². The topological polar surface area (TPSA) is 88.2 Å². The van der Waals surface area contributed by atoms with Crippen molar-refractivity contribution >= 4 is 5.97 Å². The third kappa shape index (κ3) is 3.44. The molecule has 1 aromatic heterocycles. The maximum Gasteiger partial charge on any atom is 0.335 e. The van der Waals surface area contributed by atoms with E-state index >= 15 is 0 Å². The summed E-state index contributed by atoms with van der Waals surface area (Å²) >= 11 is 0. The molecule has 2 saturated carbocycles. The molecule has 2 atom stereocenters. The number of carboxylic acids is 1. The van der Waals surface area contributed by atoms with Crippen LogP contribution in [0.15, 0.2) is 59.1 Å². The van der Waals surface area contributed by atoms with E-state index in [4.69, 9.17) is 4.52 Å².